The summed E-state index contributed by atoms with van der Waals surface area (Å²) >= 11 is 0. The zero-order chi connectivity index (χ0) is 26.5. The Bertz CT molecular complexity index is 1390. The molecule has 1 amide bonds. The number of hydrogen-bond donors (Lipinski definition) is 0. The summed E-state index contributed by atoms with van der Waals surface area (Å²) < 4.78 is 41.9. The SMILES string of the molecule is CCc1nn(-c2ccccc2)c(Oc2ccc(F)cc2F)c1CN(CC1CCCO1)C(=O)c1ccccc1. The van der Waals surface area contributed by atoms with Gasteiger partial charge >= 0.3 is 0 Å². The lowest BCUT2D eigenvalue weighted by Gasteiger charge is -2.26. The summed E-state index contributed by atoms with van der Waals surface area (Å²) in [7, 11) is 0. The van der Waals surface area contributed by atoms with E-state index in [2.05, 4.69) is 0 Å². The number of carbonyl (C=O) groups excluding carboxylic acids is 1. The maximum Gasteiger partial charge on any atom is 0.254 e. The highest BCUT2D eigenvalue weighted by molar-refractivity contribution is 5.94. The molecule has 4 aromatic rings. The van der Waals surface area contributed by atoms with E-state index in [4.69, 9.17) is 14.6 Å². The highest BCUT2D eigenvalue weighted by Crippen LogP contribution is 2.34. The van der Waals surface area contributed by atoms with E-state index in [1.807, 2.05) is 55.5 Å². The molecular formula is C30H29F2N3O3. The standard InChI is InChI=1S/C30H29F2N3O3/c1-2-27-25(20-34(19-24-14-9-17-37-24)29(36)21-10-5-3-6-11-21)30(35(33-27)23-12-7-4-8-13-23)38-28-16-15-22(31)18-26(28)32/h3-8,10-13,15-16,18,24H,2,9,14,17,19-20H2,1H3. The van der Waals surface area contributed by atoms with E-state index in [-0.39, 0.29) is 30.2 Å². The van der Waals surface area contributed by atoms with Gasteiger partial charge in [0.15, 0.2) is 11.6 Å². The fraction of sp³-hybridized carbons (Fsp3) is 0.267. The minimum Gasteiger partial charge on any atom is -0.435 e. The van der Waals surface area contributed by atoms with Gasteiger partial charge in [0.2, 0.25) is 5.88 Å². The van der Waals surface area contributed by atoms with Crippen molar-refractivity contribution >= 4 is 5.91 Å². The van der Waals surface area contributed by atoms with E-state index in [0.29, 0.717) is 42.1 Å². The molecule has 1 aromatic heterocycles. The zero-order valence-corrected chi connectivity index (χ0v) is 21.1. The second-order valence-electron chi connectivity index (χ2n) is 9.19. The molecule has 196 valence electrons. The van der Waals surface area contributed by atoms with Gasteiger partial charge in [0.1, 0.15) is 5.82 Å². The number of ether oxygens (including phenoxy) is 2. The van der Waals surface area contributed by atoms with Gasteiger partial charge in [0, 0.05) is 24.8 Å². The Hall–Kier alpha value is -4.04. The summed E-state index contributed by atoms with van der Waals surface area (Å²) in [6.07, 6.45) is 2.30. The van der Waals surface area contributed by atoms with Crippen LogP contribution in [0.25, 0.3) is 5.69 Å². The monoisotopic (exact) mass is 517 g/mol. The molecule has 2 heterocycles. The zero-order valence-electron chi connectivity index (χ0n) is 21.1. The van der Waals surface area contributed by atoms with Gasteiger partial charge in [-0.2, -0.15) is 5.10 Å². The van der Waals surface area contributed by atoms with Gasteiger partial charge in [0.05, 0.1) is 29.6 Å². The second-order valence-corrected chi connectivity index (χ2v) is 9.19. The Morgan fingerprint density at radius 3 is 2.47 bits per heavy atom. The van der Waals surface area contributed by atoms with Crippen LogP contribution in [0.1, 0.15) is 41.4 Å². The van der Waals surface area contributed by atoms with Gasteiger partial charge in [-0.25, -0.2) is 13.5 Å². The van der Waals surface area contributed by atoms with E-state index in [9.17, 15) is 13.6 Å². The fourth-order valence-corrected chi connectivity index (χ4v) is 4.64. The molecule has 3 aromatic carbocycles. The predicted octanol–water partition coefficient (Wildman–Crippen LogP) is 6.33. The van der Waals surface area contributed by atoms with Gasteiger partial charge < -0.3 is 14.4 Å². The molecule has 5 rings (SSSR count). The van der Waals surface area contributed by atoms with Crippen molar-refractivity contribution in [3.63, 3.8) is 0 Å². The highest BCUT2D eigenvalue weighted by Gasteiger charge is 2.28. The predicted molar refractivity (Wildman–Crippen MR) is 140 cm³/mol. The fourth-order valence-electron chi connectivity index (χ4n) is 4.64. The molecule has 6 nitrogen and oxygen atoms in total. The number of carbonyl (C=O) groups is 1. The first-order valence-electron chi connectivity index (χ1n) is 12.8. The van der Waals surface area contributed by atoms with Crippen LogP contribution in [0.15, 0.2) is 78.9 Å². The van der Waals surface area contributed by atoms with E-state index < -0.39 is 11.6 Å². The van der Waals surface area contributed by atoms with Crippen LogP contribution in [-0.2, 0) is 17.7 Å². The van der Waals surface area contributed by atoms with Crippen molar-refractivity contribution < 1.29 is 23.0 Å². The second kappa shape index (κ2) is 11.6. The molecule has 1 fully saturated rings. The van der Waals surface area contributed by atoms with Crippen LogP contribution in [0.3, 0.4) is 0 Å². The molecule has 0 spiro atoms. The normalized spacial score (nSPS) is 15.0. The molecule has 1 aliphatic heterocycles. The molecule has 0 N–H and O–H groups in total. The largest absolute Gasteiger partial charge is 0.435 e. The van der Waals surface area contributed by atoms with Crippen LogP contribution in [-0.4, -0.2) is 39.8 Å². The van der Waals surface area contributed by atoms with Crippen LogP contribution in [0.2, 0.25) is 0 Å². The van der Waals surface area contributed by atoms with Crippen molar-refractivity contribution in [2.45, 2.75) is 38.8 Å². The van der Waals surface area contributed by atoms with Crippen molar-refractivity contribution in [2.24, 2.45) is 0 Å². The summed E-state index contributed by atoms with van der Waals surface area (Å²) in [6, 6.07) is 21.6. The maximum atomic E-state index is 14.7. The third-order valence-electron chi connectivity index (χ3n) is 6.56. The smallest absolute Gasteiger partial charge is 0.254 e. The van der Waals surface area contributed by atoms with E-state index in [0.717, 1.165) is 25.0 Å². The molecule has 0 bridgehead atoms. The molecule has 38 heavy (non-hydrogen) atoms. The number of benzene rings is 3. The van der Waals surface area contributed by atoms with Crippen molar-refractivity contribution in [2.75, 3.05) is 13.2 Å². The number of rotatable bonds is 9. The summed E-state index contributed by atoms with van der Waals surface area (Å²) in [5, 5.41) is 4.79. The van der Waals surface area contributed by atoms with Gasteiger partial charge in [-0.15, -0.1) is 0 Å². The van der Waals surface area contributed by atoms with Crippen molar-refractivity contribution in [1.29, 1.82) is 0 Å². The third kappa shape index (κ3) is 5.60. The number of halogens is 2. The number of nitrogens with zero attached hydrogens (tertiary/aromatic N) is 3. The first-order valence-corrected chi connectivity index (χ1v) is 12.8. The minimum atomic E-state index is -0.827. The van der Waals surface area contributed by atoms with Gasteiger partial charge in [-0.3, -0.25) is 4.79 Å². The van der Waals surface area contributed by atoms with Gasteiger partial charge in [-0.05, 0) is 55.7 Å². The Morgan fingerprint density at radius 2 is 1.82 bits per heavy atom. The molecule has 1 atom stereocenters. The summed E-state index contributed by atoms with van der Waals surface area (Å²) in [6.45, 7) is 3.22. The van der Waals surface area contributed by atoms with Crippen LogP contribution in [0, 0.1) is 11.6 Å². The molecule has 1 aliphatic rings. The molecular weight excluding hydrogens is 488 g/mol. The molecule has 0 radical (unpaired) electrons. The number of amides is 1. The Labute approximate surface area is 220 Å². The van der Waals surface area contributed by atoms with E-state index in [1.54, 1.807) is 21.7 Å². The molecule has 0 aliphatic carbocycles. The van der Waals surface area contributed by atoms with Crippen molar-refractivity contribution in [1.82, 2.24) is 14.7 Å². The molecule has 8 heteroatoms. The summed E-state index contributed by atoms with van der Waals surface area (Å²) in [4.78, 5) is 15.4. The lowest BCUT2D eigenvalue weighted by atomic mass is 10.1. The number of hydrogen-bond acceptors (Lipinski definition) is 4. The Balaban J connectivity index is 1.59. The van der Waals surface area contributed by atoms with Crippen LogP contribution in [0.5, 0.6) is 11.6 Å². The number of aryl methyl sites for hydroxylation is 1. The van der Waals surface area contributed by atoms with Gasteiger partial charge in [-0.1, -0.05) is 43.3 Å². The van der Waals surface area contributed by atoms with Crippen molar-refractivity contribution in [3.05, 3.63) is 107 Å². The summed E-state index contributed by atoms with van der Waals surface area (Å²) in [5.74, 6) is -1.53. The number of aromatic nitrogens is 2. The third-order valence-corrected chi connectivity index (χ3v) is 6.56. The molecule has 1 saturated heterocycles. The van der Waals surface area contributed by atoms with Crippen LogP contribution >= 0.6 is 0 Å². The molecule has 1 unspecified atom stereocenters. The maximum absolute atomic E-state index is 14.7. The van der Waals surface area contributed by atoms with Crippen molar-refractivity contribution in [3.8, 4) is 17.3 Å². The lowest BCUT2D eigenvalue weighted by Crippen LogP contribution is -2.37. The Morgan fingerprint density at radius 1 is 1.08 bits per heavy atom. The topological polar surface area (TPSA) is 56.6 Å². The number of para-hydroxylation sites is 1. The summed E-state index contributed by atoms with van der Waals surface area (Å²) in [5.41, 5.74) is 2.64. The first kappa shape index (κ1) is 25.6. The average Bonchev–Trinajstić information content (AvgIpc) is 3.58. The molecule has 0 saturated carbocycles. The van der Waals surface area contributed by atoms with E-state index >= 15 is 0 Å². The Kier molecular flexibility index (Phi) is 7.79. The quantitative estimate of drug-likeness (QED) is 0.261. The minimum absolute atomic E-state index is 0.0733. The van der Waals surface area contributed by atoms with E-state index in [1.165, 1.54) is 6.07 Å². The first-order chi connectivity index (χ1) is 18.5. The average molecular weight is 518 g/mol. The lowest BCUT2D eigenvalue weighted by molar-refractivity contribution is 0.0505. The highest BCUT2D eigenvalue weighted by atomic mass is 19.1. The van der Waals surface area contributed by atoms with Gasteiger partial charge in [0.25, 0.3) is 5.91 Å². The van der Waals surface area contributed by atoms with Crippen LogP contribution < -0.4 is 4.74 Å². The van der Waals surface area contributed by atoms with Crippen LogP contribution in [0.4, 0.5) is 8.78 Å².